The Balaban J connectivity index is 0.000000712. The molecule has 3 aromatic heterocycles. The average Bonchev–Trinajstić information content (AvgIpc) is 3.63. The molecule has 0 bridgehead atoms. The quantitative estimate of drug-likeness (QED) is 0.114. The molecule has 2 N–H and O–H groups in total. The largest absolute Gasteiger partial charge is 0.347 e. The van der Waals surface area contributed by atoms with Gasteiger partial charge < -0.3 is 19.8 Å². The van der Waals surface area contributed by atoms with Crippen molar-refractivity contribution in [2.24, 2.45) is 0 Å². The first-order valence-electron chi connectivity index (χ1n) is 15.5. The number of rotatable bonds is 10. The number of nitrogens with zero attached hydrogens (tertiary/aromatic N) is 6. The van der Waals surface area contributed by atoms with Crippen molar-refractivity contribution in [3.05, 3.63) is 102 Å². The summed E-state index contributed by atoms with van der Waals surface area (Å²) < 4.78 is 4.98. The van der Waals surface area contributed by atoms with Crippen LogP contribution >= 0.6 is 12.2 Å². The monoisotopic (exact) mass is 608 g/mol. The summed E-state index contributed by atoms with van der Waals surface area (Å²) in [4.78, 5) is 12.7. The van der Waals surface area contributed by atoms with Gasteiger partial charge in [-0.3, -0.25) is 9.58 Å². The number of fused-ring (bicyclic) bond motifs is 2. The summed E-state index contributed by atoms with van der Waals surface area (Å²) in [5.74, 6) is 0.873. The molecule has 6 rings (SSSR count). The van der Waals surface area contributed by atoms with Gasteiger partial charge in [0.1, 0.15) is 10.5 Å². The maximum absolute atomic E-state index is 5.73. The molecule has 0 unspecified atom stereocenters. The minimum atomic E-state index is 0.602. The summed E-state index contributed by atoms with van der Waals surface area (Å²) in [7, 11) is 2.19. The molecule has 0 atom stereocenters. The highest BCUT2D eigenvalue weighted by molar-refractivity contribution is 7.71. The Kier molecular flexibility index (Phi) is 10.8. The number of aromatic amines is 1. The van der Waals surface area contributed by atoms with Gasteiger partial charge in [-0.05, 0) is 69.1 Å². The van der Waals surface area contributed by atoms with Crippen LogP contribution in [0.3, 0.4) is 0 Å². The minimum absolute atomic E-state index is 0.602. The summed E-state index contributed by atoms with van der Waals surface area (Å²) in [6.07, 6.45) is 18.5. The zero-order valence-corrected chi connectivity index (χ0v) is 26.8. The molecule has 1 saturated heterocycles. The van der Waals surface area contributed by atoms with Crippen LogP contribution < -0.4 is 5.32 Å². The molecular formula is C35H44N8S. The third-order valence-corrected chi connectivity index (χ3v) is 8.50. The first kappa shape index (κ1) is 31.4. The first-order chi connectivity index (χ1) is 21.5. The molecule has 44 heavy (non-hydrogen) atoms. The van der Waals surface area contributed by atoms with Crippen molar-refractivity contribution in [3.8, 4) is 0 Å². The van der Waals surface area contributed by atoms with Gasteiger partial charge in [0, 0.05) is 73.8 Å². The van der Waals surface area contributed by atoms with Gasteiger partial charge in [-0.25, -0.2) is 4.98 Å². The second-order valence-electron chi connectivity index (χ2n) is 11.3. The SMILES string of the molecule is C=C/C=C\C.C=CCCn1ccc2cc(Nc3[nH]cnc(=S)c3C3=Cc4cn(CCN5CCN(C)CC5)nc4CC3)ccc21. The molecule has 0 amide bonds. The molecule has 9 heteroatoms. The highest BCUT2D eigenvalue weighted by atomic mass is 32.1. The van der Waals surface area contributed by atoms with Gasteiger partial charge in [0.15, 0.2) is 0 Å². The van der Waals surface area contributed by atoms with Gasteiger partial charge in [0.25, 0.3) is 0 Å². The smallest absolute Gasteiger partial charge is 0.139 e. The fourth-order valence-electron chi connectivity index (χ4n) is 5.71. The third-order valence-electron chi connectivity index (χ3n) is 8.19. The third kappa shape index (κ3) is 7.72. The molecule has 1 fully saturated rings. The van der Waals surface area contributed by atoms with E-state index in [1.54, 1.807) is 12.4 Å². The Morgan fingerprint density at radius 1 is 1.07 bits per heavy atom. The lowest BCUT2D eigenvalue weighted by molar-refractivity contribution is 0.148. The predicted octanol–water partition coefficient (Wildman–Crippen LogP) is 7.09. The van der Waals surface area contributed by atoms with Gasteiger partial charge in [-0.15, -0.1) is 6.58 Å². The van der Waals surface area contributed by atoms with Crippen molar-refractivity contribution in [3.63, 3.8) is 0 Å². The summed E-state index contributed by atoms with van der Waals surface area (Å²) in [6, 6.07) is 8.62. The van der Waals surface area contributed by atoms with Crippen molar-refractivity contribution < 1.29 is 0 Å². The molecule has 0 saturated carbocycles. The normalized spacial score (nSPS) is 15.5. The van der Waals surface area contributed by atoms with Crippen molar-refractivity contribution in [1.29, 1.82) is 0 Å². The number of allylic oxidation sites excluding steroid dienone is 5. The molecule has 2 aliphatic rings. The number of aryl methyl sites for hydroxylation is 2. The Bertz CT molecular complexity index is 1700. The van der Waals surface area contributed by atoms with Crippen LogP contribution in [0.5, 0.6) is 0 Å². The lowest BCUT2D eigenvalue weighted by Gasteiger charge is -2.32. The van der Waals surface area contributed by atoms with Crippen LogP contribution in [0.1, 0.15) is 36.6 Å². The van der Waals surface area contributed by atoms with E-state index in [0.717, 1.165) is 87.8 Å². The molecule has 0 spiro atoms. The highest BCUT2D eigenvalue weighted by Gasteiger charge is 2.20. The van der Waals surface area contributed by atoms with Crippen LogP contribution in [-0.2, 0) is 19.5 Å². The maximum atomic E-state index is 5.73. The van der Waals surface area contributed by atoms with Gasteiger partial charge >= 0.3 is 0 Å². The van der Waals surface area contributed by atoms with E-state index in [-0.39, 0.29) is 0 Å². The molecule has 230 valence electrons. The number of likely N-dealkylation sites (N-methyl/N-ethyl adjacent to an activating group) is 1. The number of aromatic nitrogens is 5. The first-order valence-corrected chi connectivity index (χ1v) is 15.9. The van der Waals surface area contributed by atoms with E-state index < -0.39 is 0 Å². The molecule has 8 nitrogen and oxygen atoms in total. The number of anilines is 2. The highest BCUT2D eigenvalue weighted by Crippen LogP contribution is 2.34. The standard InChI is InChI=1S/C30H36N8S.C5H8/c1-3-4-10-37-11-9-22-19-25(6-8-27(22)37)33-29-28(30(39)32-21-31-29)23-5-7-26-24(18-23)20-38(34-26)17-16-36-14-12-35(2)13-15-36;1-3-5-4-2/h3,6,8-9,11,18-21H,1,4-5,7,10,12-17H2,2H3,(H2,31,32,33,39);3-5H,1H2,2H3/b;5-4-. The summed E-state index contributed by atoms with van der Waals surface area (Å²) in [5.41, 5.74) is 6.73. The fraction of sp³-hybridized carbons (Fsp3) is 0.343. The van der Waals surface area contributed by atoms with Gasteiger partial charge in [-0.2, -0.15) is 5.10 Å². The van der Waals surface area contributed by atoms with E-state index in [4.69, 9.17) is 17.3 Å². The molecule has 1 aliphatic carbocycles. The number of benzene rings is 1. The molecule has 4 aromatic rings. The minimum Gasteiger partial charge on any atom is -0.347 e. The summed E-state index contributed by atoms with van der Waals surface area (Å²) in [6.45, 7) is 16.7. The van der Waals surface area contributed by atoms with Crippen molar-refractivity contribution in [2.45, 2.75) is 39.3 Å². The lowest BCUT2D eigenvalue weighted by atomic mass is 9.93. The van der Waals surface area contributed by atoms with Gasteiger partial charge in [0.05, 0.1) is 24.1 Å². The van der Waals surface area contributed by atoms with E-state index in [2.05, 4.69) is 97.3 Å². The molecule has 1 aliphatic heterocycles. The topological polar surface area (TPSA) is 69.9 Å². The maximum Gasteiger partial charge on any atom is 0.139 e. The Labute approximate surface area is 266 Å². The molecule has 0 radical (unpaired) electrons. The molecular weight excluding hydrogens is 565 g/mol. The lowest BCUT2D eigenvalue weighted by Crippen LogP contribution is -2.45. The van der Waals surface area contributed by atoms with Crippen LogP contribution in [0.25, 0.3) is 22.6 Å². The average molecular weight is 609 g/mol. The number of piperazine rings is 1. The van der Waals surface area contributed by atoms with Crippen LogP contribution in [0.4, 0.5) is 11.5 Å². The van der Waals surface area contributed by atoms with E-state index in [1.165, 1.54) is 22.0 Å². The van der Waals surface area contributed by atoms with Crippen molar-refractivity contribution >= 4 is 46.3 Å². The second kappa shape index (κ2) is 15.1. The van der Waals surface area contributed by atoms with Crippen molar-refractivity contribution in [1.82, 2.24) is 34.1 Å². The van der Waals surface area contributed by atoms with E-state index in [0.29, 0.717) is 4.64 Å². The van der Waals surface area contributed by atoms with Gasteiger partial charge in [-0.1, -0.05) is 43.1 Å². The zero-order chi connectivity index (χ0) is 30.9. The van der Waals surface area contributed by atoms with E-state index in [9.17, 15) is 0 Å². The van der Waals surface area contributed by atoms with Gasteiger partial charge in [0.2, 0.25) is 0 Å². The zero-order valence-electron chi connectivity index (χ0n) is 26.0. The van der Waals surface area contributed by atoms with Crippen LogP contribution in [-0.4, -0.2) is 73.9 Å². The van der Waals surface area contributed by atoms with Crippen molar-refractivity contribution in [2.75, 3.05) is 45.1 Å². The number of hydrogen-bond donors (Lipinski definition) is 2. The summed E-state index contributed by atoms with van der Waals surface area (Å²) >= 11 is 5.73. The summed E-state index contributed by atoms with van der Waals surface area (Å²) in [5, 5.41) is 9.69. The fourth-order valence-corrected chi connectivity index (χ4v) is 6.00. The number of nitrogens with one attached hydrogen (secondary N) is 2. The Morgan fingerprint density at radius 2 is 1.91 bits per heavy atom. The Hall–Kier alpha value is -4.05. The van der Waals surface area contributed by atoms with Crippen LogP contribution in [0, 0.1) is 4.64 Å². The van der Waals surface area contributed by atoms with Crippen LogP contribution in [0.15, 0.2) is 80.4 Å². The number of hydrogen-bond acceptors (Lipinski definition) is 6. The van der Waals surface area contributed by atoms with E-state index in [1.807, 2.05) is 25.2 Å². The number of H-pyrrole nitrogens is 1. The Morgan fingerprint density at radius 3 is 2.66 bits per heavy atom. The molecule has 4 heterocycles. The molecule has 1 aromatic carbocycles. The van der Waals surface area contributed by atoms with E-state index >= 15 is 0 Å². The predicted molar refractivity (Wildman–Crippen MR) is 187 cm³/mol. The van der Waals surface area contributed by atoms with Crippen LogP contribution in [0.2, 0.25) is 0 Å². The second-order valence-corrected chi connectivity index (χ2v) is 11.7.